The van der Waals surface area contributed by atoms with Crippen LogP contribution in [0.25, 0.3) is 0 Å². The molecule has 5 heteroatoms. The Kier molecular flexibility index (Phi) is 6.01. The van der Waals surface area contributed by atoms with Crippen LogP contribution in [0.15, 0.2) is 78.9 Å². The summed E-state index contributed by atoms with van der Waals surface area (Å²) in [4.78, 5) is 17.3. The molecule has 0 N–H and O–H groups in total. The summed E-state index contributed by atoms with van der Waals surface area (Å²) in [5.41, 5.74) is 2.63. The van der Waals surface area contributed by atoms with Crippen molar-refractivity contribution in [3.63, 3.8) is 0 Å². The second-order valence-corrected chi connectivity index (χ2v) is 7.40. The highest BCUT2D eigenvalue weighted by molar-refractivity contribution is 6.33. The normalized spacial score (nSPS) is 14.0. The molecule has 4 nitrogen and oxygen atoms in total. The number of rotatable bonds is 5. The molecule has 1 saturated heterocycles. The molecule has 0 saturated carbocycles. The Hall–Kier alpha value is -2.98. The number of carbonyl (C=O) groups excluding carboxylic acids is 1. The third kappa shape index (κ3) is 4.54. The van der Waals surface area contributed by atoms with Crippen molar-refractivity contribution in [2.45, 2.75) is 6.61 Å². The number of hydrogen-bond acceptors (Lipinski definition) is 3. The first-order valence-corrected chi connectivity index (χ1v) is 10.1. The highest BCUT2D eigenvalue weighted by Gasteiger charge is 2.24. The van der Waals surface area contributed by atoms with Gasteiger partial charge >= 0.3 is 0 Å². The molecule has 0 spiro atoms. The molecule has 0 aliphatic carbocycles. The Bertz CT molecular complexity index is 969. The van der Waals surface area contributed by atoms with Gasteiger partial charge in [-0.25, -0.2) is 0 Å². The third-order valence-electron chi connectivity index (χ3n) is 5.15. The van der Waals surface area contributed by atoms with Gasteiger partial charge in [0.25, 0.3) is 5.91 Å². The minimum atomic E-state index is 0.0519. The second-order valence-electron chi connectivity index (χ2n) is 6.99. The molecule has 4 rings (SSSR count). The van der Waals surface area contributed by atoms with Crippen molar-refractivity contribution in [1.29, 1.82) is 0 Å². The minimum Gasteiger partial charge on any atom is -0.489 e. The molecule has 0 aromatic heterocycles. The fraction of sp³-hybridized carbons (Fsp3) is 0.208. The van der Waals surface area contributed by atoms with Crippen LogP contribution < -0.4 is 9.64 Å². The van der Waals surface area contributed by atoms with Gasteiger partial charge in [0.15, 0.2) is 0 Å². The van der Waals surface area contributed by atoms with E-state index in [4.69, 9.17) is 16.3 Å². The number of halogens is 1. The van der Waals surface area contributed by atoms with Crippen LogP contribution in [-0.4, -0.2) is 37.0 Å². The molecule has 0 atom stereocenters. The van der Waals surface area contributed by atoms with Crippen molar-refractivity contribution >= 4 is 23.2 Å². The van der Waals surface area contributed by atoms with Gasteiger partial charge in [-0.3, -0.25) is 4.79 Å². The van der Waals surface area contributed by atoms with Crippen LogP contribution in [0.5, 0.6) is 5.75 Å². The van der Waals surface area contributed by atoms with E-state index in [1.54, 1.807) is 0 Å². The standard InChI is InChI=1S/C24H23ClN2O2/c25-22-12-6-7-13-23(22)26-14-16-27(17-15-26)24(28)21-11-5-4-8-19(21)18-29-20-9-2-1-3-10-20/h1-13H,14-18H2. The van der Waals surface area contributed by atoms with Crippen LogP contribution in [0.1, 0.15) is 15.9 Å². The SMILES string of the molecule is O=C(c1ccccc1COc1ccccc1)N1CCN(c2ccccc2Cl)CC1. The quantitative estimate of drug-likeness (QED) is 0.605. The zero-order chi connectivity index (χ0) is 20.1. The summed E-state index contributed by atoms with van der Waals surface area (Å²) < 4.78 is 5.86. The summed E-state index contributed by atoms with van der Waals surface area (Å²) in [5.74, 6) is 0.846. The van der Waals surface area contributed by atoms with E-state index in [1.807, 2.05) is 83.8 Å². The Labute approximate surface area is 176 Å². The van der Waals surface area contributed by atoms with Crippen LogP contribution in [-0.2, 0) is 6.61 Å². The summed E-state index contributed by atoms with van der Waals surface area (Å²) in [6.45, 7) is 3.22. The minimum absolute atomic E-state index is 0.0519. The summed E-state index contributed by atoms with van der Waals surface area (Å²) in [6, 6.07) is 25.2. The molecule has 0 bridgehead atoms. The van der Waals surface area contributed by atoms with Crippen LogP contribution >= 0.6 is 11.6 Å². The average Bonchev–Trinajstić information content (AvgIpc) is 2.79. The van der Waals surface area contributed by atoms with Gasteiger partial charge in [0.05, 0.1) is 10.7 Å². The van der Waals surface area contributed by atoms with Gasteiger partial charge in [0.1, 0.15) is 12.4 Å². The lowest BCUT2D eigenvalue weighted by molar-refractivity contribution is 0.0744. The van der Waals surface area contributed by atoms with Crippen LogP contribution in [0.3, 0.4) is 0 Å². The zero-order valence-corrected chi connectivity index (χ0v) is 16.9. The Balaban J connectivity index is 1.42. The molecule has 3 aromatic rings. The van der Waals surface area contributed by atoms with Crippen molar-refractivity contribution in [3.05, 3.63) is 95.0 Å². The smallest absolute Gasteiger partial charge is 0.254 e. The number of para-hydroxylation sites is 2. The molecule has 1 amide bonds. The number of hydrogen-bond donors (Lipinski definition) is 0. The van der Waals surface area contributed by atoms with Crippen LogP contribution in [0, 0.1) is 0 Å². The van der Waals surface area contributed by atoms with E-state index in [9.17, 15) is 4.79 Å². The fourth-order valence-electron chi connectivity index (χ4n) is 3.56. The first kappa shape index (κ1) is 19.3. The van der Waals surface area contributed by atoms with Crippen LogP contribution in [0.2, 0.25) is 5.02 Å². The number of ether oxygens (including phenoxy) is 1. The topological polar surface area (TPSA) is 32.8 Å². The predicted octanol–water partition coefficient (Wildman–Crippen LogP) is 4.88. The van der Waals surface area contributed by atoms with Gasteiger partial charge in [-0.15, -0.1) is 0 Å². The van der Waals surface area contributed by atoms with E-state index in [2.05, 4.69) is 4.90 Å². The maximum Gasteiger partial charge on any atom is 0.254 e. The van der Waals surface area contributed by atoms with Gasteiger partial charge in [-0.2, -0.15) is 0 Å². The highest BCUT2D eigenvalue weighted by atomic mass is 35.5. The maximum atomic E-state index is 13.2. The molecule has 1 fully saturated rings. The first-order valence-electron chi connectivity index (χ1n) is 9.77. The number of amides is 1. The third-order valence-corrected chi connectivity index (χ3v) is 5.46. The van der Waals surface area contributed by atoms with Gasteiger partial charge in [-0.1, -0.05) is 60.1 Å². The Morgan fingerprint density at radius 2 is 1.48 bits per heavy atom. The summed E-state index contributed by atoms with van der Waals surface area (Å²) in [5, 5.41) is 0.746. The summed E-state index contributed by atoms with van der Waals surface area (Å²) in [7, 11) is 0. The monoisotopic (exact) mass is 406 g/mol. The van der Waals surface area contributed by atoms with Crippen LogP contribution in [0.4, 0.5) is 5.69 Å². The molecular formula is C24H23ClN2O2. The maximum absolute atomic E-state index is 13.2. The van der Waals surface area contributed by atoms with E-state index >= 15 is 0 Å². The number of carbonyl (C=O) groups is 1. The summed E-state index contributed by atoms with van der Waals surface area (Å²) >= 11 is 6.32. The number of nitrogens with zero attached hydrogens (tertiary/aromatic N) is 2. The molecule has 29 heavy (non-hydrogen) atoms. The van der Waals surface area contributed by atoms with E-state index < -0.39 is 0 Å². The van der Waals surface area contributed by atoms with E-state index in [0.29, 0.717) is 25.3 Å². The van der Waals surface area contributed by atoms with E-state index in [0.717, 1.165) is 35.1 Å². The molecule has 1 aliphatic rings. The molecule has 1 heterocycles. The predicted molar refractivity (Wildman–Crippen MR) is 117 cm³/mol. The van der Waals surface area contributed by atoms with E-state index in [1.165, 1.54) is 0 Å². The van der Waals surface area contributed by atoms with Crippen molar-refractivity contribution in [3.8, 4) is 5.75 Å². The lowest BCUT2D eigenvalue weighted by atomic mass is 10.1. The van der Waals surface area contributed by atoms with Crippen molar-refractivity contribution in [2.24, 2.45) is 0 Å². The van der Waals surface area contributed by atoms with Gasteiger partial charge in [0.2, 0.25) is 0 Å². The Morgan fingerprint density at radius 3 is 2.24 bits per heavy atom. The molecule has 0 unspecified atom stereocenters. The number of benzene rings is 3. The molecule has 3 aromatic carbocycles. The number of anilines is 1. The fourth-order valence-corrected chi connectivity index (χ4v) is 3.82. The highest BCUT2D eigenvalue weighted by Crippen LogP contribution is 2.26. The molecule has 1 aliphatic heterocycles. The average molecular weight is 407 g/mol. The Morgan fingerprint density at radius 1 is 0.828 bits per heavy atom. The van der Waals surface area contributed by atoms with Crippen molar-refractivity contribution < 1.29 is 9.53 Å². The van der Waals surface area contributed by atoms with Crippen molar-refractivity contribution in [2.75, 3.05) is 31.1 Å². The van der Waals surface area contributed by atoms with Gasteiger partial charge in [0, 0.05) is 37.3 Å². The van der Waals surface area contributed by atoms with Gasteiger partial charge in [-0.05, 0) is 30.3 Å². The zero-order valence-electron chi connectivity index (χ0n) is 16.1. The largest absolute Gasteiger partial charge is 0.489 e. The number of piperazine rings is 1. The molecular weight excluding hydrogens is 384 g/mol. The second kappa shape index (κ2) is 9.01. The van der Waals surface area contributed by atoms with E-state index in [-0.39, 0.29) is 5.91 Å². The van der Waals surface area contributed by atoms with Crippen molar-refractivity contribution in [1.82, 2.24) is 4.90 Å². The lowest BCUT2D eigenvalue weighted by Gasteiger charge is -2.36. The molecule has 0 radical (unpaired) electrons. The summed E-state index contributed by atoms with van der Waals surface area (Å²) in [6.07, 6.45) is 0. The van der Waals surface area contributed by atoms with Gasteiger partial charge < -0.3 is 14.5 Å². The molecule has 148 valence electrons. The lowest BCUT2D eigenvalue weighted by Crippen LogP contribution is -2.49. The first-order chi connectivity index (χ1) is 14.2.